The first-order chi connectivity index (χ1) is 15.0. The highest BCUT2D eigenvalue weighted by atomic mass is 32.2. The summed E-state index contributed by atoms with van der Waals surface area (Å²) in [4.78, 5) is 17.0. The molecule has 1 fully saturated rings. The SMILES string of the molecule is Cc1ccc(-n2c(SC(C)C(=O)NC3CCCCC3)nnc2-c2ccncc2)cc1C. The molecule has 1 amide bonds. The molecule has 31 heavy (non-hydrogen) atoms. The molecule has 6 nitrogen and oxygen atoms in total. The number of thioether (sulfide) groups is 1. The number of amides is 1. The van der Waals surface area contributed by atoms with Gasteiger partial charge in [0.1, 0.15) is 0 Å². The first-order valence-corrected chi connectivity index (χ1v) is 11.8. The van der Waals surface area contributed by atoms with Crippen LogP contribution in [-0.4, -0.2) is 36.9 Å². The first kappa shape index (κ1) is 21.6. The quantitative estimate of drug-likeness (QED) is 0.559. The minimum absolute atomic E-state index is 0.0667. The molecule has 2 heterocycles. The van der Waals surface area contributed by atoms with E-state index in [1.165, 1.54) is 42.2 Å². The van der Waals surface area contributed by atoms with E-state index < -0.39 is 0 Å². The summed E-state index contributed by atoms with van der Waals surface area (Å²) in [6, 6.07) is 10.5. The van der Waals surface area contributed by atoms with Crippen LogP contribution in [0.2, 0.25) is 0 Å². The van der Waals surface area contributed by atoms with Crippen LogP contribution in [0.3, 0.4) is 0 Å². The molecule has 0 saturated heterocycles. The fourth-order valence-corrected chi connectivity index (χ4v) is 4.79. The molecule has 3 aromatic rings. The van der Waals surface area contributed by atoms with Gasteiger partial charge in [0, 0.05) is 24.0 Å². The van der Waals surface area contributed by atoms with Crippen LogP contribution < -0.4 is 5.32 Å². The standard InChI is InChI=1S/C24H29N5OS/c1-16-9-10-21(15-17(16)2)29-22(19-11-13-25-14-12-19)27-28-24(29)31-18(3)23(30)26-20-7-5-4-6-8-20/h9-15,18,20H,4-8H2,1-3H3,(H,26,30). The van der Waals surface area contributed by atoms with Gasteiger partial charge in [-0.25, -0.2) is 0 Å². The lowest BCUT2D eigenvalue weighted by molar-refractivity contribution is -0.121. The van der Waals surface area contributed by atoms with Gasteiger partial charge in [0.15, 0.2) is 11.0 Å². The smallest absolute Gasteiger partial charge is 0.233 e. The molecule has 0 radical (unpaired) electrons. The molecule has 1 atom stereocenters. The minimum atomic E-state index is -0.262. The van der Waals surface area contributed by atoms with Gasteiger partial charge in [-0.15, -0.1) is 10.2 Å². The molecule has 0 spiro atoms. The summed E-state index contributed by atoms with van der Waals surface area (Å²) in [7, 11) is 0. The Morgan fingerprint density at radius 1 is 1.06 bits per heavy atom. The van der Waals surface area contributed by atoms with Gasteiger partial charge in [0.25, 0.3) is 0 Å². The van der Waals surface area contributed by atoms with Crippen LogP contribution in [0.5, 0.6) is 0 Å². The molecule has 162 valence electrons. The summed E-state index contributed by atoms with van der Waals surface area (Å²) in [6.45, 7) is 6.14. The van der Waals surface area contributed by atoms with Gasteiger partial charge in [-0.05, 0) is 69.0 Å². The molecular formula is C24H29N5OS. The number of pyridine rings is 1. The number of hydrogen-bond donors (Lipinski definition) is 1. The minimum Gasteiger partial charge on any atom is -0.352 e. The fourth-order valence-electron chi connectivity index (χ4n) is 3.91. The Morgan fingerprint density at radius 2 is 1.81 bits per heavy atom. The Balaban J connectivity index is 1.63. The number of carbonyl (C=O) groups excluding carboxylic acids is 1. The molecule has 0 aliphatic heterocycles. The maximum atomic E-state index is 12.8. The number of rotatable bonds is 6. The van der Waals surface area contributed by atoms with Gasteiger partial charge >= 0.3 is 0 Å². The van der Waals surface area contributed by atoms with Crippen molar-refractivity contribution >= 4 is 17.7 Å². The third-order valence-corrected chi connectivity index (χ3v) is 6.97. The zero-order valence-electron chi connectivity index (χ0n) is 18.3. The van der Waals surface area contributed by atoms with E-state index in [1.54, 1.807) is 12.4 Å². The van der Waals surface area contributed by atoms with E-state index in [9.17, 15) is 4.79 Å². The van der Waals surface area contributed by atoms with Gasteiger partial charge in [-0.2, -0.15) is 0 Å². The third-order valence-electron chi connectivity index (χ3n) is 5.92. The lowest BCUT2D eigenvalue weighted by atomic mass is 9.95. The number of aromatic nitrogens is 4. The number of benzene rings is 1. The van der Waals surface area contributed by atoms with Crippen LogP contribution >= 0.6 is 11.8 Å². The second-order valence-electron chi connectivity index (χ2n) is 8.25. The maximum Gasteiger partial charge on any atom is 0.233 e. The normalized spacial score (nSPS) is 15.6. The highest BCUT2D eigenvalue weighted by Crippen LogP contribution is 2.31. The maximum absolute atomic E-state index is 12.8. The van der Waals surface area contributed by atoms with E-state index in [0.29, 0.717) is 11.2 Å². The molecule has 1 N–H and O–H groups in total. The van der Waals surface area contributed by atoms with Crippen molar-refractivity contribution in [2.45, 2.75) is 69.3 Å². The van der Waals surface area contributed by atoms with Crippen LogP contribution in [0.4, 0.5) is 0 Å². The molecule has 1 aliphatic carbocycles. The molecule has 0 bridgehead atoms. The zero-order chi connectivity index (χ0) is 21.8. The number of nitrogens with one attached hydrogen (secondary N) is 1. The monoisotopic (exact) mass is 435 g/mol. The Hall–Kier alpha value is -2.67. The average Bonchev–Trinajstić information content (AvgIpc) is 3.20. The van der Waals surface area contributed by atoms with E-state index in [4.69, 9.17) is 0 Å². The van der Waals surface area contributed by atoms with Crippen molar-refractivity contribution < 1.29 is 4.79 Å². The summed E-state index contributed by atoms with van der Waals surface area (Å²) >= 11 is 1.45. The average molecular weight is 436 g/mol. The van der Waals surface area contributed by atoms with Crippen LogP contribution in [0, 0.1) is 13.8 Å². The summed E-state index contributed by atoms with van der Waals surface area (Å²) < 4.78 is 2.04. The van der Waals surface area contributed by atoms with E-state index >= 15 is 0 Å². The number of nitrogens with zero attached hydrogens (tertiary/aromatic N) is 4. The molecule has 1 aromatic carbocycles. The zero-order valence-corrected chi connectivity index (χ0v) is 19.2. The van der Waals surface area contributed by atoms with Gasteiger partial charge in [-0.1, -0.05) is 37.1 Å². The molecule has 4 rings (SSSR count). The van der Waals surface area contributed by atoms with Gasteiger partial charge < -0.3 is 5.32 Å². The molecule has 2 aromatic heterocycles. The number of aryl methyl sites for hydroxylation is 2. The van der Waals surface area contributed by atoms with E-state index in [0.717, 1.165) is 29.9 Å². The van der Waals surface area contributed by atoms with Crippen LogP contribution in [0.1, 0.15) is 50.2 Å². The van der Waals surface area contributed by atoms with Crippen molar-refractivity contribution in [2.75, 3.05) is 0 Å². The van der Waals surface area contributed by atoms with Crippen LogP contribution in [0.15, 0.2) is 47.9 Å². The van der Waals surface area contributed by atoms with Crippen molar-refractivity contribution in [3.8, 4) is 17.1 Å². The molecule has 1 saturated carbocycles. The molecule has 7 heteroatoms. The lowest BCUT2D eigenvalue weighted by Crippen LogP contribution is -2.40. The molecule has 1 unspecified atom stereocenters. The van der Waals surface area contributed by atoms with Crippen molar-refractivity contribution in [1.29, 1.82) is 0 Å². The summed E-state index contributed by atoms with van der Waals surface area (Å²) in [5, 5.41) is 12.6. The summed E-state index contributed by atoms with van der Waals surface area (Å²) in [5.41, 5.74) is 4.36. The van der Waals surface area contributed by atoms with Gasteiger partial charge in [0.2, 0.25) is 5.91 Å². The molecular weight excluding hydrogens is 406 g/mol. The van der Waals surface area contributed by atoms with Crippen LogP contribution in [-0.2, 0) is 4.79 Å². The number of carbonyl (C=O) groups is 1. The highest BCUT2D eigenvalue weighted by molar-refractivity contribution is 8.00. The van der Waals surface area contributed by atoms with Crippen molar-refractivity contribution in [3.63, 3.8) is 0 Å². The Morgan fingerprint density at radius 3 is 2.52 bits per heavy atom. The van der Waals surface area contributed by atoms with Crippen molar-refractivity contribution in [1.82, 2.24) is 25.1 Å². The topological polar surface area (TPSA) is 72.7 Å². The van der Waals surface area contributed by atoms with Crippen molar-refractivity contribution in [3.05, 3.63) is 53.9 Å². The van der Waals surface area contributed by atoms with Gasteiger partial charge in [-0.3, -0.25) is 14.3 Å². The van der Waals surface area contributed by atoms with Crippen LogP contribution in [0.25, 0.3) is 17.1 Å². The lowest BCUT2D eigenvalue weighted by Gasteiger charge is -2.24. The van der Waals surface area contributed by atoms with Gasteiger partial charge in [0.05, 0.1) is 10.9 Å². The van der Waals surface area contributed by atoms with E-state index in [1.807, 2.05) is 23.6 Å². The second-order valence-corrected chi connectivity index (χ2v) is 9.56. The molecule has 1 aliphatic rings. The Labute approximate surface area is 187 Å². The van der Waals surface area contributed by atoms with E-state index in [2.05, 4.69) is 52.5 Å². The fraction of sp³-hybridized carbons (Fsp3) is 0.417. The highest BCUT2D eigenvalue weighted by Gasteiger charge is 2.24. The largest absolute Gasteiger partial charge is 0.352 e. The Bertz CT molecular complexity index is 1040. The summed E-state index contributed by atoms with van der Waals surface area (Å²) in [5.74, 6) is 0.810. The van der Waals surface area contributed by atoms with Crippen molar-refractivity contribution in [2.24, 2.45) is 0 Å². The van der Waals surface area contributed by atoms with E-state index in [-0.39, 0.29) is 11.2 Å². The Kier molecular flexibility index (Phi) is 6.70. The predicted molar refractivity (Wildman–Crippen MR) is 124 cm³/mol. The third kappa shape index (κ3) is 4.98. The summed E-state index contributed by atoms with van der Waals surface area (Å²) in [6.07, 6.45) is 9.32. The first-order valence-electron chi connectivity index (χ1n) is 10.9. The second kappa shape index (κ2) is 9.64. The number of hydrogen-bond acceptors (Lipinski definition) is 5. The predicted octanol–water partition coefficient (Wildman–Crippen LogP) is 4.88.